The SMILES string of the molecule is CN=C(NCc1ccc(C)cc1OC(C)C)NCC1CCCN1C. The maximum atomic E-state index is 5.94. The second-order valence-electron chi connectivity index (χ2n) is 6.86. The van der Waals surface area contributed by atoms with Crippen LogP contribution in [0.4, 0.5) is 0 Å². The zero-order valence-corrected chi connectivity index (χ0v) is 15.7. The molecule has 1 aromatic carbocycles. The molecule has 1 aliphatic rings. The third-order valence-electron chi connectivity index (χ3n) is 4.43. The van der Waals surface area contributed by atoms with Crippen LogP contribution >= 0.6 is 0 Å². The van der Waals surface area contributed by atoms with Gasteiger partial charge >= 0.3 is 0 Å². The summed E-state index contributed by atoms with van der Waals surface area (Å²) in [5.74, 6) is 1.79. The Morgan fingerprint density at radius 3 is 2.79 bits per heavy atom. The summed E-state index contributed by atoms with van der Waals surface area (Å²) in [6.07, 6.45) is 2.71. The van der Waals surface area contributed by atoms with E-state index in [0.29, 0.717) is 12.6 Å². The van der Waals surface area contributed by atoms with Crippen LogP contribution < -0.4 is 15.4 Å². The number of benzene rings is 1. The summed E-state index contributed by atoms with van der Waals surface area (Å²) in [7, 11) is 4.01. The fourth-order valence-corrected chi connectivity index (χ4v) is 3.02. The fourth-order valence-electron chi connectivity index (χ4n) is 3.02. The molecule has 0 saturated carbocycles. The van der Waals surface area contributed by atoms with Crippen LogP contribution in [-0.4, -0.2) is 50.2 Å². The van der Waals surface area contributed by atoms with E-state index in [1.54, 1.807) is 0 Å². The van der Waals surface area contributed by atoms with Crippen LogP contribution in [0.2, 0.25) is 0 Å². The number of hydrogen-bond donors (Lipinski definition) is 2. The molecule has 0 aliphatic carbocycles. The van der Waals surface area contributed by atoms with E-state index in [2.05, 4.69) is 66.5 Å². The highest BCUT2D eigenvalue weighted by Crippen LogP contribution is 2.21. The molecule has 1 aromatic rings. The quantitative estimate of drug-likeness (QED) is 0.621. The van der Waals surface area contributed by atoms with Crippen molar-refractivity contribution in [3.63, 3.8) is 0 Å². The van der Waals surface area contributed by atoms with Crippen LogP contribution in [0, 0.1) is 6.92 Å². The minimum atomic E-state index is 0.167. The van der Waals surface area contributed by atoms with Crippen molar-refractivity contribution < 1.29 is 4.74 Å². The third kappa shape index (κ3) is 5.41. The highest BCUT2D eigenvalue weighted by atomic mass is 16.5. The number of nitrogens with zero attached hydrogens (tertiary/aromatic N) is 2. The summed E-state index contributed by atoms with van der Waals surface area (Å²) in [6, 6.07) is 6.94. The van der Waals surface area contributed by atoms with E-state index in [1.165, 1.54) is 24.9 Å². The topological polar surface area (TPSA) is 48.9 Å². The van der Waals surface area contributed by atoms with Gasteiger partial charge in [0.1, 0.15) is 5.75 Å². The Kier molecular flexibility index (Phi) is 6.91. The molecule has 0 aromatic heterocycles. The molecule has 1 fully saturated rings. The average molecular weight is 332 g/mol. The molecule has 24 heavy (non-hydrogen) atoms. The Bertz CT molecular complexity index is 556. The summed E-state index contributed by atoms with van der Waals surface area (Å²) in [5.41, 5.74) is 2.36. The predicted octanol–water partition coefficient (Wildman–Crippen LogP) is 2.54. The molecule has 5 heteroatoms. The molecule has 5 nitrogen and oxygen atoms in total. The van der Waals surface area contributed by atoms with Crippen molar-refractivity contribution in [2.75, 3.05) is 27.2 Å². The number of aliphatic imine (C=N–C) groups is 1. The molecule has 0 radical (unpaired) electrons. The zero-order valence-electron chi connectivity index (χ0n) is 15.7. The highest BCUT2D eigenvalue weighted by Gasteiger charge is 2.20. The highest BCUT2D eigenvalue weighted by molar-refractivity contribution is 5.79. The van der Waals surface area contributed by atoms with Crippen LogP contribution in [0.5, 0.6) is 5.75 Å². The number of ether oxygens (including phenoxy) is 1. The maximum Gasteiger partial charge on any atom is 0.191 e. The van der Waals surface area contributed by atoms with Gasteiger partial charge in [-0.2, -0.15) is 0 Å². The Morgan fingerprint density at radius 1 is 1.38 bits per heavy atom. The van der Waals surface area contributed by atoms with Gasteiger partial charge in [-0.05, 0) is 58.8 Å². The molecule has 0 bridgehead atoms. The van der Waals surface area contributed by atoms with Crippen molar-refractivity contribution >= 4 is 5.96 Å². The van der Waals surface area contributed by atoms with Crippen LogP contribution in [0.1, 0.15) is 37.8 Å². The lowest BCUT2D eigenvalue weighted by molar-refractivity contribution is 0.239. The lowest BCUT2D eigenvalue weighted by Crippen LogP contribution is -2.43. The van der Waals surface area contributed by atoms with Crippen LogP contribution in [-0.2, 0) is 6.54 Å². The van der Waals surface area contributed by atoms with Gasteiger partial charge in [-0.3, -0.25) is 4.99 Å². The molecule has 1 atom stereocenters. The molecule has 0 amide bonds. The average Bonchev–Trinajstić information content (AvgIpc) is 2.94. The summed E-state index contributed by atoms with van der Waals surface area (Å²) in [5, 5.41) is 6.84. The van der Waals surface area contributed by atoms with E-state index in [9.17, 15) is 0 Å². The normalized spacial score (nSPS) is 18.9. The number of hydrogen-bond acceptors (Lipinski definition) is 3. The standard InChI is InChI=1S/C19H32N4O/c1-14(2)24-18-11-15(3)8-9-16(18)12-21-19(20-4)22-13-17-7-6-10-23(17)5/h8-9,11,14,17H,6-7,10,12-13H2,1-5H3,(H2,20,21,22). The van der Waals surface area contributed by atoms with E-state index in [0.717, 1.165) is 23.8 Å². The summed E-state index contributed by atoms with van der Waals surface area (Å²) < 4.78 is 5.94. The first-order valence-electron chi connectivity index (χ1n) is 8.90. The zero-order chi connectivity index (χ0) is 17.5. The molecule has 134 valence electrons. The molecule has 1 saturated heterocycles. The number of likely N-dealkylation sites (N-methyl/N-ethyl adjacent to an activating group) is 1. The van der Waals surface area contributed by atoms with Gasteiger partial charge in [0.05, 0.1) is 6.10 Å². The first-order valence-corrected chi connectivity index (χ1v) is 8.90. The van der Waals surface area contributed by atoms with Crippen molar-refractivity contribution in [1.82, 2.24) is 15.5 Å². The lowest BCUT2D eigenvalue weighted by Gasteiger charge is -2.21. The smallest absolute Gasteiger partial charge is 0.191 e. The van der Waals surface area contributed by atoms with Crippen LogP contribution in [0.15, 0.2) is 23.2 Å². The van der Waals surface area contributed by atoms with Crippen molar-refractivity contribution in [3.05, 3.63) is 29.3 Å². The molecule has 2 rings (SSSR count). The van der Waals surface area contributed by atoms with Gasteiger partial charge in [0.15, 0.2) is 5.96 Å². The van der Waals surface area contributed by atoms with Crippen molar-refractivity contribution in [2.45, 2.75) is 52.3 Å². The fraction of sp³-hybridized carbons (Fsp3) is 0.632. The summed E-state index contributed by atoms with van der Waals surface area (Å²) >= 11 is 0. The number of rotatable bonds is 6. The molecule has 1 unspecified atom stereocenters. The van der Waals surface area contributed by atoms with Gasteiger partial charge in [-0.25, -0.2) is 0 Å². The van der Waals surface area contributed by atoms with Gasteiger partial charge < -0.3 is 20.3 Å². The third-order valence-corrected chi connectivity index (χ3v) is 4.43. The minimum absolute atomic E-state index is 0.167. The summed E-state index contributed by atoms with van der Waals surface area (Å²) in [6.45, 7) is 9.01. The number of aryl methyl sites for hydroxylation is 1. The first-order chi connectivity index (χ1) is 11.5. The number of likely N-dealkylation sites (tertiary alicyclic amines) is 1. The predicted molar refractivity (Wildman–Crippen MR) is 101 cm³/mol. The second kappa shape index (κ2) is 8.92. The molecule has 1 heterocycles. The van der Waals surface area contributed by atoms with Gasteiger partial charge in [-0.15, -0.1) is 0 Å². The second-order valence-corrected chi connectivity index (χ2v) is 6.86. The Hall–Kier alpha value is -1.75. The monoisotopic (exact) mass is 332 g/mol. The number of nitrogens with one attached hydrogen (secondary N) is 2. The summed E-state index contributed by atoms with van der Waals surface area (Å²) in [4.78, 5) is 6.74. The van der Waals surface area contributed by atoms with Gasteiger partial charge in [0.2, 0.25) is 0 Å². The largest absolute Gasteiger partial charge is 0.491 e. The van der Waals surface area contributed by atoms with E-state index in [-0.39, 0.29) is 6.10 Å². The van der Waals surface area contributed by atoms with E-state index >= 15 is 0 Å². The number of guanidine groups is 1. The van der Waals surface area contributed by atoms with E-state index < -0.39 is 0 Å². The minimum Gasteiger partial charge on any atom is -0.491 e. The van der Waals surface area contributed by atoms with Crippen LogP contribution in [0.3, 0.4) is 0 Å². The van der Waals surface area contributed by atoms with Crippen molar-refractivity contribution in [2.24, 2.45) is 4.99 Å². The molecular formula is C19H32N4O. The Morgan fingerprint density at radius 2 is 2.17 bits per heavy atom. The Balaban J connectivity index is 1.90. The molecule has 1 aliphatic heterocycles. The van der Waals surface area contributed by atoms with E-state index in [1.807, 2.05) is 7.05 Å². The van der Waals surface area contributed by atoms with Gasteiger partial charge in [0, 0.05) is 31.7 Å². The van der Waals surface area contributed by atoms with Gasteiger partial charge in [0.25, 0.3) is 0 Å². The molecular weight excluding hydrogens is 300 g/mol. The first kappa shape index (κ1) is 18.6. The maximum absolute atomic E-state index is 5.94. The van der Waals surface area contributed by atoms with E-state index in [4.69, 9.17) is 4.74 Å². The van der Waals surface area contributed by atoms with Crippen molar-refractivity contribution in [1.29, 1.82) is 0 Å². The van der Waals surface area contributed by atoms with Gasteiger partial charge in [-0.1, -0.05) is 12.1 Å². The lowest BCUT2D eigenvalue weighted by atomic mass is 10.1. The van der Waals surface area contributed by atoms with Crippen molar-refractivity contribution in [3.8, 4) is 5.75 Å². The molecule has 0 spiro atoms. The molecule has 2 N–H and O–H groups in total. The Labute approximate surface area is 146 Å². The van der Waals surface area contributed by atoms with Crippen LogP contribution in [0.25, 0.3) is 0 Å².